The third kappa shape index (κ3) is 2.95. The molecule has 18 heavy (non-hydrogen) atoms. The Kier molecular flexibility index (Phi) is 3.82. The molecule has 0 aliphatic carbocycles. The van der Waals surface area contributed by atoms with E-state index < -0.39 is 15.8 Å². The van der Waals surface area contributed by atoms with Crippen LogP contribution >= 0.6 is 34.5 Å². The van der Waals surface area contributed by atoms with E-state index in [-0.39, 0.29) is 14.9 Å². The summed E-state index contributed by atoms with van der Waals surface area (Å²) in [6, 6.07) is 6.41. The largest absolute Gasteiger partial charge is 0.276 e. The highest BCUT2D eigenvalue weighted by atomic mass is 35.5. The second-order valence-corrected chi connectivity index (χ2v) is 7.35. The first kappa shape index (κ1) is 13.6. The lowest BCUT2D eigenvalue weighted by molar-refractivity contribution is 0.600. The van der Waals surface area contributed by atoms with E-state index in [1.807, 2.05) is 0 Å². The van der Waals surface area contributed by atoms with Gasteiger partial charge in [0.1, 0.15) is 10.0 Å². The number of anilines is 1. The van der Waals surface area contributed by atoms with E-state index in [2.05, 4.69) is 4.72 Å². The number of nitrogens with one attached hydrogen (secondary N) is 1. The van der Waals surface area contributed by atoms with Crippen LogP contribution in [-0.4, -0.2) is 8.42 Å². The molecule has 2 rings (SSSR count). The molecule has 0 fully saturated rings. The van der Waals surface area contributed by atoms with Crippen LogP contribution in [0.3, 0.4) is 0 Å². The number of rotatable bonds is 3. The molecule has 2 aromatic rings. The summed E-state index contributed by atoms with van der Waals surface area (Å²) >= 11 is 12.2. The van der Waals surface area contributed by atoms with Gasteiger partial charge in [-0.2, -0.15) is 0 Å². The molecule has 1 aromatic heterocycles. The Morgan fingerprint density at radius 1 is 1.17 bits per heavy atom. The van der Waals surface area contributed by atoms with E-state index in [9.17, 15) is 12.8 Å². The summed E-state index contributed by atoms with van der Waals surface area (Å²) < 4.78 is 39.7. The Morgan fingerprint density at radius 2 is 1.89 bits per heavy atom. The molecule has 8 heteroatoms. The van der Waals surface area contributed by atoms with Crippen molar-refractivity contribution >= 4 is 50.2 Å². The van der Waals surface area contributed by atoms with Crippen molar-refractivity contribution in [1.82, 2.24) is 0 Å². The molecule has 0 atom stereocenters. The second-order valence-electron chi connectivity index (χ2n) is 3.29. The first-order valence-corrected chi connectivity index (χ1v) is 7.67. The monoisotopic (exact) mass is 325 g/mol. The van der Waals surface area contributed by atoms with Crippen LogP contribution in [0, 0.1) is 5.82 Å². The normalized spacial score (nSPS) is 11.5. The van der Waals surface area contributed by atoms with Gasteiger partial charge in [-0.05, 0) is 30.3 Å². The van der Waals surface area contributed by atoms with E-state index in [0.29, 0.717) is 4.34 Å². The van der Waals surface area contributed by atoms with Crippen molar-refractivity contribution in [3.05, 3.63) is 45.5 Å². The maximum absolute atomic E-state index is 13.4. The summed E-state index contributed by atoms with van der Waals surface area (Å²) in [6.45, 7) is 0. The van der Waals surface area contributed by atoms with Crippen LogP contribution in [-0.2, 0) is 10.0 Å². The molecule has 0 saturated heterocycles. The molecule has 0 aliphatic heterocycles. The topological polar surface area (TPSA) is 46.2 Å². The zero-order valence-electron chi connectivity index (χ0n) is 8.65. The Balaban J connectivity index is 2.36. The van der Waals surface area contributed by atoms with Crippen molar-refractivity contribution in [3.63, 3.8) is 0 Å². The lowest BCUT2D eigenvalue weighted by Gasteiger charge is -2.07. The number of sulfonamides is 1. The second kappa shape index (κ2) is 5.05. The van der Waals surface area contributed by atoms with E-state index in [4.69, 9.17) is 23.2 Å². The number of benzene rings is 1. The molecule has 0 unspecified atom stereocenters. The van der Waals surface area contributed by atoms with Gasteiger partial charge in [0, 0.05) is 5.02 Å². The van der Waals surface area contributed by atoms with Crippen LogP contribution in [0.25, 0.3) is 0 Å². The molecular formula is C10H6Cl2FNO2S2. The van der Waals surface area contributed by atoms with Gasteiger partial charge in [0.2, 0.25) is 0 Å². The Morgan fingerprint density at radius 3 is 2.50 bits per heavy atom. The highest BCUT2D eigenvalue weighted by Crippen LogP contribution is 2.28. The van der Waals surface area contributed by atoms with Crippen LogP contribution in [0.15, 0.2) is 34.5 Å². The van der Waals surface area contributed by atoms with Gasteiger partial charge in [0.15, 0.2) is 0 Å². The third-order valence-corrected chi connectivity index (χ3v) is 5.31. The van der Waals surface area contributed by atoms with Gasteiger partial charge >= 0.3 is 0 Å². The first-order valence-electron chi connectivity index (χ1n) is 4.62. The molecule has 96 valence electrons. The van der Waals surface area contributed by atoms with Gasteiger partial charge in [0.05, 0.1) is 10.0 Å². The number of hydrogen-bond donors (Lipinski definition) is 1. The van der Waals surface area contributed by atoms with Gasteiger partial charge in [-0.3, -0.25) is 4.72 Å². The average Bonchev–Trinajstić information content (AvgIpc) is 2.71. The fourth-order valence-electron chi connectivity index (χ4n) is 1.21. The van der Waals surface area contributed by atoms with Crippen LogP contribution in [0.4, 0.5) is 10.1 Å². The molecule has 0 saturated carbocycles. The predicted octanol–water partition coefficient (Wildman–Crippen LogP) is 3.99. The Hall–Kier alpha value is -0.820. The Labute approximate surface area is 117 Å². The van der Waals surface area contributed by atoms with Crippen molar-refractivity contribution < 1.29 is 12.8 Å². The molecule has 1 aromatic carbocycles. The predicted molar refractivity (Wildman–Crippen MR) is 71.5 cm³/mol. The molecule has 0 aliphatic rings. The summed E-state index contributed by atoms with van der Waals surface area (Å²) in [5, 5.41) is 0.235. The van der Waals surface area contributed by atoms with Crippen LogP contribution in [0.5, 0.6) is 0 Å². The minimum atomic E-state index is -3.85. The van der Waals surface area contributed by atoms with E-state index in [0.717, 1.165) is 17.4 Å². The van der Waals surface area contributed by atoms with E-state index in [1.165, 1.54) is 24.3 Å². The molecule has 0 amide bonds. The van der Waals surface area contributed by atoms with Crippen LogP contribution in [0.1, 0.15) is 0 Å². The molecule has 1 N–H and O–H groups in total. The first-order chi connectivity index (χ1) is 8.38. The minimum absolute atomic E-state index is 0.00637. The third-order valence-electron chi connectivity index (χ3n) is 1.99. The quantitative estimate of drug-likeness (QED) is 0.927. The molecule has 0 radical (unpaired) electrons. The van der Waals surface area contributed by atoms with Crippen molar-refractivity contribution in [2.75, 3.05) is 4.72 Å². The van der Waals surface area contributed by atoms with Gasteiger partial charge in [-0.25, -0.2) is 12.8 Å². The summed E-state index contributed by atoms with van der Waals surface area (Å²) in [5.41, 5.74) is -0.202. The molecule has 3 nitrogen and oxygen atoms in total. The standard InChI is InChI=1S/C10H6Cl2FNO2S2/c11-6-1-2-7(13)8(5-6)14-18(15,16)10-4-3-9(12)17-10/h1-5,14H. The maximum atomic E-state index is 13.4. The lowest BCUT2D eigenvalue weighted by atomic mass is 10.3. The van der Waals surface area contributed by atoms with E-state index in [1.54, 1.807) is 0 Å². The van der Waals surface area contributed by atoms with Crippen molar-refractivity contribution in [1.29, 1.82) is 0 Å². The van der Waals surface area contributed by atoms with Gasteiger partial charge in [0.25, 0.3) is 10.0 Å². The van der Waals surface area contributed by atoms with Gasteiger partial charge in [-0.1, -0.05) is 23.2 Å². The van der Waals surface area contributed by atoms with Crippen molar-refractivity contribution in [2.24, 2.45) is 0 Å². The molecule has 0 bridgehead atoms. The lowest BCUT2D eigenvalue weighted by Crippen LogP contribution is -2.12. The maximum Gasteiger partial charge on any atom is 0.271 e. The zero-order chi connectivity index (χ0) is 13.3. The van der Waals surface area contributed by atoms with Crippen molar-refractivity contribution in [3.8, 4) is 0 Å². The molecular weight excluding hydrogens is 320 g/mol. The zero-order valence-corrected chi connectivity index (χ0v) is 11.8. The highest BCUT2D eigenvalue weighted by Gasteiger charge is 2.18. The minimum Gasteiger partial charge on any atom is -0.276 e. The van der Waals surface area contributed by atoms with Gasteiger partial charge < -0.3 is 0 Å². The summed E-state index contributed by atoms with van der Waals surface area (Å²) in [6.07, 6.45) is 0. The number of hydrogen-bond acceptors (Lipinski definition) is 3. The fourth-order valence-corrected chi connectivity index (χ4v) is 3.93. The number of thiophene rings is 1. The summed E-state index contributed by atoms with van der Waals surface area (Å²) in [5.74, 6) is -0.703. The fraction of sp³-hybridized carbons (Fsp3) is 0. The summed E-state index contributed by atoms with van der Waals surface area (Å²) in [7, 11) is -3.85. The van der Waals surface area contributed by atoms with Crippen molar-refractivity contribution in [2.45, 2.75) is 4.21 Å². The Bertz CT molecular complexity index is 685. The van der Waals surface area contributed by atoms with E-state index >= 15 is 0 Å². The van der Waals surface area contributed by atoms with Crippen LogP contribution < -0.4 is 4.72 Å². The summed E-state index contributed by atoms with van der Waals surface area (Å²) in [4.78, 5) is 0. The smallest absolute Gasteiger partial charge is 0.271 e. The van der Waals surface area contributed by atoms with Crippen LogP contribution in [0.2, 0.25) is 9.36 Å². The average molecular weight is 326 g/mol. The number of halogens is 3. The molecule has 1 heterocycles. The van der Waals surface area contributed by atoms with Gasteiger partial charge in [-0.15, -0.1) is 11.3 Å². The SMILES string of the molecule is O=S(=O)(Nc1cc(Cl)ccc1F)c1ccc(Cl)s1. The molecule has 0 spiro atoms. The highest BCUT2D eigenvalue weighted by molar-refractivity contribution is 7.94.